The summed E-state index contributed by atoms with van der Waals surface area (Å²) in [6.45, 7) is 5.09. The fourth-order valence-corrected chi connectivity index (χ4v) is 2.93. The van der Waals surface area contributed by atoms with E-state index < -0.39 is 0 Å². The van der Waals surface area contributed by atoms with Crippen LogP contribution in [0.5, 0.6) is 0 Å². The summed E-state index contributed by atoms with van der Waals surface area (Å²) < 4.78 is 1.14. The highest BCUT2D eigenvalue weighted by atomic mass is 79.9. The number of hydrogen-bond acceptors (Lipinski definition) is 1. The zero-order valence-corrected chi connectivity index (χ0v) is 13.4. The molecule has 1 nitrogen and oxygen atoms in total. The zero-order chi connectivity index (χ0) is 13.8. The van der Waals surface area contributed by atoms with Gasteiger partial charge in [0.05, 0.1) is 6.04 Å². The molecule has 0 amide bonds. The lowest BCUT2D eigenvalue weighted by Gasteiger charge is -2.22. The molecule has 0 aromatic heterocycles. The van der Waals surface area contributed by atoms with Crippen LogP contribution in [0, 0.1) is 6.92 Å². The summed E-state index contributed by atoms with van der Waals surface area (Å²) in [5, 5.41) is 4.30. The van der Waals surface area contributed by atoms with Gasteiger partial charge in [-0.3, -0.25) is 0 Å². The molecule has 3 heteroatoms. The number of aryl methyl sites for hydroxylation is 1. The van der Waals surface area contributed by atoms with Gasteiger partial charge in [0.2, 0.25) is 0 Å². The largest absolute Gasteiger partial charge is 0.306 e. The van der Waals surface area contributed by atoms with Crippen LogP contribution in [0.1, 0.15) is 29.7 Å². The molecule has 2 aromatic rings. The molecular formula is C16H17BrClN. The standard InChI is InChI=1S/C16H17BrClN/c1-3-19-16(12-8-4-5-10-14(12)18)13-9-6-7-11(2)15(13)17/h4-10,16,19H,3H2,1-2H3. The second-order valence-corrected chi connectivity index (χ2v) is 5.69. The summed E-state index contributed by atoms with van der Waals surface area (Å²) >= 11 is 10.0. The molecular weight excluding hydrogens is 322 g/mol. The Hall–Kier alpha value is -0.830. The molecule has 0 saturated heterocycles. The number of halogens is 2. The van der Waals surface area contributed by atoms with Crippen LogP contribution in [0.4, 0.5) is 0 Å². The Morgan fingerprint density at radius 3 is 2.47 bits per heavy atom. The van der Waals surface area contributed by atoms with Crippen LogP contribution in [0.15, 0.2) is 46.9 Å². The predicted octanol–water partition coefficient (Wildman–Crippen LogP) is 5.11. The van der Waals surface area contributed by atoms with Crippen LogP contribution in [-0.2, 0) is 0 Å². The number of nitrogens with one attached hydrogen (secondary N) is 1. The van der Waals surface area contributed by atoms with E-state index >= 15 is 0 Å². The quantitative estimate of drug-likeness (QED) is 0.817. The minimum atomic E-state index is 0.105. The molecule has 100 valence electrons. The topological polar surface area (TPSA) is 12.0 Å². The van der Waals surface area contributed by atoms with Gasteiger partial charge in [0.25, 0.3) is 0 Å². The van der Waals surface area contributed by atoms with Crippen molar-refractivity contribution in [1.82, 2.24) is 5.32 Å². The van der Waals surface area contributed by atoms with Crippen LogP contribution in [0.2, 0.25) is 5.02 Å². The van der Waals surface area contributed by atoms with E-state index in [1.54, 1.807) is 0 Å². The summed E-state index contributed by atoms with van der Waals surface area (Å²) in [6.07, 6.45) is 0. The molecule has 0 aliphatic heterocycles. The van der Waals surface area contributed by atoms with Crippen molar-refractivity contribution in [3.05, 3.63) is 68.7 Å². The van der Waals surface area contributed by atoms with Crippen molar-refractivity contribution in [3.63, 3.8) is 0 Å². The third kappa shape index (κ3) is 3.19. The Labute approximate surface area is 128 Å². The lowest BCUT2D eigenvalue weighted by atomic mass is 9.97. The summed E-state index contributed by atoms with van der Waals surface area (Å²) in [4.78, 5) is 0. The van der Waals surface area contributed by atoms with Crippen LogP contribution in [0.25, 0.3) is 0 Å². The van der Waals surface area contributed by atoms with E-state index in [1.807, 2.05) is 18.2 Å². The summed E-state index contributed by atoms with van der Waals surface area (Å²) in [6, 6.07) is 14.4. The van der Waals surface area contributed by atoms with Crippen molar-refractivity contribution in [2.75, 3.05) is 6.54 Å². The van der Waals surface area contributed by atoms with Crippen LogP contribution >= 0.6 is 27.5 Å². The van der Waals surface area contributed by atoms with Gasteiger partial charge in [-0.25, -0.2) is 0 Å². The number of rotatable bonds is 4. The first-order valence-corrected chi connectivity index (χ1v) is 7.55. The molecule has 0 saturated carbocycles. The lowest BCUT2D eigenvalue weighted by Crippen LogP contribution is -2.22. The summed E-state index contributed by atoms with van der Waals surface area (Å²) in [5.74, 6) is 0. The highest BCUT2D eigenvalue weighted by molar-refractivity contribution is 9.10. The highest BCUT2D eigenvalue weighted by Gasteiger charge is 2.18. The molecule has 0 aliphatic rings. The van der Waals surface area contributed by atoms with Crippen LogP contribution < -0.4 is 5.32 Å². The fourth-order valence-electron chi connectivity index (χ4n) is 2.19. The second kappa shape index (κ2) is 6.56. The molecule has 2 rings (SSSR count). The van der Waals surface area contributed by atoms with E-state index in [0.29, 0.717) is 0 Å². The SMILES string of the molecule is CCNC(c1ccccc1Cl)c1cccc(C)c1Br. The first kappa shape index (κ1) is 14.6. The van der Waals surface area contributed by atoms with Gasteiger partial charge in [0.15, 0.2) is 0 Å². The molecule has 0 spiro atoms. The molecule has 0 heterocycles. The molecule has 0 fully saturated rings. The fraction of sp³-hybridized carbons (Fsp3) is 0.250. The molecule has 1 unspecified atom stereocenters. The van der Waals surface area contributed by atoms with Crippen molar-refractivity contribution in [2.24, 2.45) is 0 Å². The Balaban J connectivity index is 2.52. The average Bonchev–Trinajstić information content (AvgIpc) is 2.41. The predicted molar refractivity (Wildman–Crippen MR) is 85.9 cm³/mol. The Bertz CT molecular complexity index is 568. The molecule has 0 radical (unpaired) electrons. The molecule has 1 atom stereocenters. The van der Waals surface area contributed by atoms with Crippen LogP contribution in [0.3, 0.4) is 0 Å². The first-order valence-electron chi connectivity index (χ1n) is 6.38. The van der Waals surface area contributed by atoms with Gasteiger partial charge in [-0.1, -0.05) is 70.9 Å². The maximum atomic E-state index is 6.34. The third-order valence-electron chi connectivity index (χ3n) is 3.16. The maximum Gasteiger partial charge on any atom is 0.0602 e. The molecule has 2 aromatic carbocycles. The average molecular weight is 339 g/mol. The number of hydrogen-bond donors (Lipinski definition) is 1. The first-order chi connectivity index (χ1) is 9.15. The van der Waals surface area contributed by atoms with E-state index in [-0.39, 0.29) is 6.04 Å². The maximum absolute atomic E-state index is 6.34. The van der Waals surface area contributed by atoms with Gasteiger partial charge in [-0.05, 0) is 36.2 Å². The highest BCUT2D eigenvalue weighted by Crippen LogP contribution is 2.33. The summed E-state index contributed by atoms with van der Waals surface area (Å²) in [7, 11) is 0. The molecule has 19 heavy (non-hydrogen) atoms. The Morgan fingerprint density at radius 2 is 1.79 bits per heavy atom. The van der Waals surface area contributed by atoms with Gasteiger partial charge in [0, 0.05) is 9.50 Å². The van der Waals surface area contributed by atoms with Crippen LogP contribution in [-0.4, -0.2) is 6.54 Å². The van der Waals surface area contributed by atoms with Crippen molar-refractivity contribution < 1.29 is 0 Å². The van der Waals surface area contributed by atoms with Crippen molar-refractivity contribution in [1.29, 1.82) is 0 Å². The van der Waals surface area contributed by atoms with Gasteiger partial charge in [-0.15, -0.1) is 0 Å². The Kier molecular flexibility index (Phi) is 5.03. The monoisotopic (exact) mass is 337 g/mol. The van der Waals surface area contributed by atoms with E-state index in [2.05, 4.69) is 59.4 Å². The molecule has 0 aliphatic carbocycles. The smallest absolute Gasteiger partial charge is 0.0602 e. The van der Waals surface area contributed by atoms with Crippen molar-refractivity contribution >= 4 is 27.5 Å². The van der Waals surface area contributed by atoms with Crippen molar-refractivity contribution in [3.8, 4) is 0 Å². The minimum Gasteiger partial charge on any atom is -0.306 e. The van der Waals surface area contributed by atoms with E-state index in [1.165, 1.54) is 11.1 Å². The van der Waals surface area contributed by atoms with E-state index in [4.69, 9.17) is 11.6 Å². The van der Waals surface area contributed by atoms with Gasteiger partial charge >= 0.3 is 0 Å². The van der Waals surface area contributed by atoms with Crippen molar-refractivity contribution in [2.45, 2.75) is 19.9 Å². The van der Waals surface area contributed by atoms with Gasteiger partial charge < -0.3 is 5.32 Å². The lowest BCUT2D eigenvalue weighted by molar-refractivity contribution is 0.628. The van der Waals surface area contributed by atoms with Gasteiger partial charge in [0.1, 0.15) is 0 Å². The normalized spacial score (nSPS) is 12.4. The second-order valence-electron chi connectivity index (χ2n) is 4.49. The minimum absolute atomic E-state index is 0.105. The summed E-state index contributed by atoms with van der Waals surface area (Å²) in [5.41, 5.74) is 3.56. The van der Waals surface area contributed by atoms with E-state index in [9.17, 15) is 0 Å². The molecule has 0 bridgehead atoms. The van der Waals surface area contributed by atoms with Gasteiger partial charge in [-0.2, -0.15) is 0 Å². The third-order valence-corrected chi connectivity index (χ3v) is 4.58. The van der Waals surface area contributed by atoms with E-state index in [0.717, 1.165) is 21.6 Å². The Morgan fingerprint density at radius 1 is 1.11 bits per heavy atom. The zero-order valence-electron chi connectivity index (χ0n) is 11.1. The number of benzene rings is 2. The molecule has 1 N–H and O–H groups in total.